The summed E-state index contributed by atoms with van der Waals surface area (Å²) in [6.45, 7) is 0.278. The summed E-state index contributed by atoms with van der Waals surface area (Å²) in [5, 5.41) is 8.60. The molecule has 0 saturated heterocycles. The number of carbonyl (C=O) groups is 1. The Balaban J connectivity index is 1.44. The molecule has 0 aliphatic carbocycles. The van der Waals surface area contributed by atoms with Gasteiger partial charge >= 0.3 is 0 Å². The molecule has 0 bridgehead atoms. The fraction of sp³-hybridized carbons (Fsp3) is 0.0556. The highest BCUT2D eigenvalue weighted by Crippen LogP contribution is 2.23. The topological polar surface area (TPSA) is 93.8 Å². The van der Waals surface area contributed by atoms with Crippen molar-refractivity contribution in [1.29, 1.82) is 0 Å². The summed E-state index contributed by atoms with van der Waals surface area (Å²) < 4.78 is 18.1. The smallest absolute Gasteiger partial charge is 0.280 e. The normalized spacial score (nSPS) is 10.7. The monoisotopic (exact) mass is 381 g/mol. The van der Waals surface area contributed by atoms with Crippen LogP contribution in [0.3, 0.4) is 0 Å². The van der Waals surface area contributed by atoms with E-state index < -0.39 is 0 Å². The number of aromatic nitrogens is 4. The van der Waals surface area contributed by atoms with Crippen molar-refractivity contribution in [2.45, 2.75) is 6.54 Å². The van der Waals surface area contributed by atoms with Crippen molar-refractivity contribution >= 4 is 17.2 Å². The molecule has 0 saturated carbocycles. The van der Waals surface area contributed by atoms with Crippen LogP contribution in [0.25, 0.3) is 23.0 Å². The van der Waals surface area contributed by atoms with Crippen molar-refractivity contribution in [2.75, 3.05) is 0 Å². The summed E-state index contributed by atoms with van der Waals surface area (Å²) in [4.78, 5) is 24.8. The summed E-state index contributed by atoms with van der Waals surface area (Å²) in [6.07, 6.45) is 3.28. The highest BCUT2D eigenvalue weighted by atomic mass is 32.1. The number of nitrogens with zero attached hydrogens (tertiary/aromatic N) is 4. The van der Waals surface area contributed by atoms with Crippen LogP contribution >= 0.6 is 11.3 Å². The minimum Gasteiger partial charge on any atom is -0.346 e. The van der Waals surface area contributed by atoms with E-state index in [0.717, 1.165) is 11.1 Å². The van der Waals surface area contributed by atoms with Crippen molar-refractivity contribution in [3.05, 3.63) is 70.6 Å². The largest absolute Gasteiger partial charge is 0.346 e. The van der Waals surface area contributed by atoms with Crippen LogP contribution in [0.1, 0.15) is 15.4 Å². The van der Waals surface area contributed by atoms with Crippen LogP contribution in [0.15, 0.2) is 58.7 Å². The van der Waals surface area contributed by atoms with E-state index in [-0.39, 0.29) is 29.2 Å². The Morgan fingerprint density at radius 3 is 2.81 bits per heavy atom. The average molecular weight is 381 g/mol. The molecule has 4 rings (SSSR count). The van der Waals surface area contributed by atoms with Crippen LogP contribution in [0.4, 0.5) is 4.39 Å². The summed E-state index contributed by atoms with van der Waals surface area (Å²) >= 11 is 1.17. The molecule has 0 aliphatic heterocycles. The van der Waals surface area contributed by atoms with Gasteiger partial charge in [-0.2, -0.15) is 4.98 Å². The van der Waals surface area contributed by atoms with Gasteiger partial charge in [0.1, 0.15) is 11.5 Å². The van der Waals surface area contributed by atoms with Gasteiger partial charge in [0.25, 0.3) is 11.8 Å². The zero-order valence-electron chi connectivity index (χ0n) is 13.8. The van der Waals surface area contributed by atoms with E-state index in [1.165, 1.54) is 23.5 Å². The first kappa shape index (κ1) is 17.0. The number of benzene rings is 1. The van der Waals surface area contributed by atoms with Crippen molar-refractivity contribution in [1.82, 2.24) is 25.4 Å². The second-order valence-corrected chi connectivity index (χ2v) is 6.37. The third-order valence-electron chi connectivity index (χ3n) is 3.63. The van der Waals surface area contributed by atoms with Gasteiger partial charge in [-0.1, -0.05) is 17.3 Å². The molecule has 7 nitrogen and oxygen atoms in total. The first-order chi connectivity index (χ1) is 13.2. The third kappa shape index (κ3) is 3.87. The van der Waals surface area contributed by atoms with Gasteiger partial charge in [-0.25, -0.2) is 9.37 Å². The van der Waals surface area contributed by atoms with Crippen LogP contribution < -0.4 is 5.32 Å². The number of nitrogens with one attached hydrogen (secondary N) is 1. The number of carbonyl (C=O) groups excluding carboxylic acids is 1. The standard InChI is InChI=1S/C18H12FN5O2S/c19-13-5-3-11(4-6-13)8-21-16(25)18-22-14(10-27-18)17-23-15(24-26-17)12-2-1-7-20-9-12/h1-7,9-10H,8H2,(H,21,25). The SMILES string of the molecule is O=C(NCc1ccc(F)cc1)c1nc(-c2nc(-c3cccnc3)no2)cs1. The van der Waals surface area contributed by atoms with E-state index >= 15 is 0 Å². The van der Waals surface area contributed by atoms with Gasteiger partial charge in [-0.15, -0.1) is 11.3 Å². The van der Waals surface area contributed by atoms with Crippen LogP contribution in [0, 0.1) is 5.82 Å². The summed E-state index contributed by atoms with van der Waals surface area (Å²) in [6, 6.07) is 9.51. The first-order valence-corrected chi connectivity index (χ1v) is 8.79. The molecule has 27 heavy (non-hydrogen) atoms. The molecule has 3 heterocycles. The Hall–Kier alpha value is -3.46. The van der Waals surface area contributed by atoms with Gasteiger partial charge in [0.2, 0.25) is 5.82 Å². The van der Waals surface area contributed by atoms with E-state index in [9.17, 15) is 9.18 Å². The maximum absolute atomic E-state index is 12.9. The number of halogens is 1. The summed E-state index contributed by atoms with van der Waals surface area (Å²) in [5.41, 5.74) is 1.94. The number of thiazole rings is 1. The minimum atomic E-state index is -0.331. The highest BCUT2D eigenvalue weighted by Gasteiger charge is 2.17. The second-order valence-electron chi connectivity index (χ2n) is 5.51. The third-order valence-corrected chi connectivity index (χ3v) is 4.47. The van der Waals surface area contributed by atoms with E-state index in [1.807, 2.05) is 6.07 Å². The van der Waals surface area contributed by atoms with Crippen molar-refractivity contribution < 1.29 is 13.7 Å². The summed E-state index contributed by atoms with van der Waals surface area (Å²) in [5.74, 6) is -0.0291. The molecule has 1 amide bonds. The van der Waals surface area contributed by atoms with E-state index in [2.05, 4.69) is 25.4 Å². The van der Waals surface area contributed by atoms with Crippen molar-refractivity contribution in [2.24, 2.45) is 0 Å². The van der Waals surface area contributed by atoms with Crippen LogP contribution in [-0.2, 0) is 6.54 Å². The molecule has 4 aromatic rings. The molecule has 0 aliphatic rings. The number of hydrogen-bond acceptors (Lipinski definition) is 7. The Morgan fingerprint density at radius 2 is 2.04 bits per heavy atom. The van der Waals surface area contributed by atoms with E-state index in [0.29, 0.717) is 11.5 Å². The molecule has 1 N–H and O–H groups in total. The molecule has 0 radical (unpaired) electrons. The second kappa shape index (κ2) is 7.42. The number of rotatable bonds is 5. The van der Waals surface area contributed by atoms with Gasteiger partial charge in [-0.3, -0.25) is 9.78 Å². The molecule has 0 spiro atoms. The van der Waals surface area contributed by atoms with Crippen molar-refractivity contribution in [3.63, 3.8) is 0 Å². The first-order valence-electron chi connectivity index (χ1n) is 7.92. The van der Waals surface area contributed by atoms with Crippen LogP contribution in [0.5, 0.6) is 0 Å². The minimum absolute atomic E-state index is 0.225. The van der Waals surface area contributed by atoms with E-state index in [4.69, 9.17) is 4.52 Å². The Bertz CT molecular complexity index is 1060. The molecule has 9 heteroatoms. The van der Waals surface area contributed by atoms with Gasteiger partial charge in [0, 0.05) is 29.9 Å². The van der Waals surface area contributed by atoms with Gasteiger partial charge in [-0.05, 0) is 29.8 Å². The molecule has 0 unspecified atom stereocenters. The fourth-order valence-electron chi connectivity index (χ4n) is 2.28. The lowest BCUT2D eigenvalue weighted by molar-refractivity contribution is 0.0950. The van der Waals surface area contributed by atoms with Gasteiger partial charge in [0.15, 0.2) is 5.01 Å². The van der Waals surface area contributed by atoms with Crippen LogP contribution in [-0.4, -0.2) is 26.0 Å². The zero-order chi connectivity index (χ0) is 18.6. The lowest BCUT2D eigenvalue weighted by atomic mass is 10.2. The quantitative estimate of drug-likeness (QED) is 0.570. The van der Waals surface area contributed by atoms with E-state index in [1.54, 1.807) is 36.0 Å². The average Bonchev–Trinajstić information content (AvgIpc) is 3.37. The highest BCUT2D eigenvalue weighted by molar-refractivity contribution is 7.12. The van der Waals surface area contributed by atoms with Gasteiger partial charge < -0.3 is 9.84 Å². The molecular formula is C18H12FN5O2S. The zero-order valence-corrected chi connectivity index (χ0v) is 14.6. The number of amides is 1. The Labute approximate surface area is 156 Å². The lowest BCUT2D eigenvalue weighted by Gasteiger charge is -2.02. The predicted octanol–water partition coefficient (Wildman–Crippen LogP) is 3.32. The van der Waals surface area contributed by atoms with Crippen molar-refractivity contribution in [3.8, 4) is 23.0 Å². The predicted molar refractivity (Wildman–Crippen MR) is 96.2 cm³/mol. The molecule has 0 atom stereocenters. The Morgan fingerprint density at radius 1 is 1.19 bits per heavy atom. The fourth-order valence-corrected chi connectivity index (χ4v) is 2.98. The molecule has 134 valence electrons. The maximum atomic E-state index is 12.9. The number of pyridine rings is 1. The molecule has 3 aromatic heterocycles. The maximum Gasteiger partial charge on any atom is 0.280 e. The molecular weight excluding hydrogens is 369 g/mol. The number of hydrogen-bond donors (Lipinski definition) is 1. The summed E-state index contributed by atoms with van der Waals surface area (Å²) in [7, 11) is 0. The van der Waals surface area contributed by atoms with Gasteiger partial charge in [0.05, 0.1) is 0 Å². The molecule has 1 aromatic carbocycles. The Kier molecular flexibility index (Phi) is 4.67. The lowest BCUT2D eigenvalue weighted by Crippen LogP contribution is -2.22. The molecule has 0 fully saturated rings. The van der Waals surface area contributed by atoms with Crippen LogP contribution in [0.2, 0.25) is 0 Å².